The van der Waals surface area contributed by atoms with Crippen molar-refractivity contribution < 1.29 is 14.0 Å². The first-order chi connectivity index (χ1) is 14.8. The highest BCUT2D eigenvalue weighted by Crippen LogP contribution is 2.30. The van der Waals surface area contributed by atoms with Crippen LogP contribution in [0.25, 0.3) is 0 Å². The molecule has 0 saturated carbocycles. The molecule has 2 amide bonds. The van der Waals surface area contributed by atoms with Gasteiger partial charge in [-0.2, -0.15) is 0 Å². The van der Waals surface area contributed by atoms with Crippen molar-refractivity contribution in [1.82, 2.24) is 0 Å². The number of benzene rings is 3. The molecule has 1 aliphatic rings. The Hall–Kier alpha value is -3.47. The number of carbonyl (C=O) groups is 2. The Bertz CT molecular complexity index is 1150. The normalized spacial score (nSPS) is 13.0. The van der Waals surface area contributed by atoms with E-state index >= 15 is 0 Å². The molecule has 0 atom stereocenters. The molecule has 0 spiro atoms. The van der Waals surface area contributed by atoms with Crippen molar-refractivity contribution in [3.05, 3.63) is 93.8 Å². The smallest absolute Gasteiger partial charge is 0.258 e. The lowest BCUT2D eigenvalue weighted by Gasteiger charge is -2.30. The zero-order chi connectivity index (χ0) is 22.1. The van der Waals surface area contributed by atoms with Crippen LogP contribution >= 0.6 is 0 Å². The highest BCUT2D eigenvalue weighted by molar-refractivity contribution is 6.08. The third-order valence-corrected chi connectivity index (χ3v) is 5.71. The summed E-state index contributed by atoms with van der Waals surface area (Å²) < 4.78 is 13.2. The molecule has 0 saturated heterocycles. The lowest BCUT2D eigenvalue weighted by molar-refractivity contribution is 0.0984. The molecule has 5 heteroatoms. The Morgan fingerprint density at radius 3 is 2.23 bits per heavy atom. The van der Waals surface area contributed by atoms with E-state index in [2.05, 4.69) is 17.4 Å². The standard InChI is InChI=1S/C26H25FN2O2/c1-16-13-17(2)24(18(3)14-16)28-25(30)21-8-11-23-20(15-21)5-4-12-29(23)26(31)19-6-9-22(27)10-7-19/h6-11,13-15H,4-5,12H2,1-3H3,(H,28,30). The van der Waals surface area contributed by atoms with Crippen LogP contribution in [0.5, 0.6) is 0 Å². The van der Waals surface area contributed by atoms with Gasteiger partial charge in [-0.15, -0.1) is 0 Å². The van der Waals surface area contributed by atoms with Crippen LogP contribution in [0.2, 0.25) is 0 Å². The summed E-state index contributed by atoms with van der Waals surface area (Å²) in [6, 6.07) is 15.1. The van der Waals surface area contributed by atoms with Crippen LogP contribution in [0, 0.1) is 26.6 Å². The van der Waals surface area contributed by atoms with Gasteiger partial charge in [0, 0.05) is 29.0 Å². The monoisotopic (exact) mass is 416 g/mol. The predicted octanol–water partition coefficient (Wildman–Crippen LogP) is 5.60. The molecule has 0 aliphatic carbocycles. The molecule has 3 aromatic rings. The lowest BCUT2D eigenvalue weighted by atomic mass is 9.97. The van der Waals surface area contributed by atoms with E-state index in [0.717, 1.165) is 46.5 Å². The molecule has 3 aromatic carbocycles. The maximum Gasteiger partial charge on any atom is 0.258 e. The van der Waals surface area contributed by atoms with E-state index in [1.54, 1.807) is 11.0 Å². The average Bonchev–Trinajstić information content (AvgIpc) is 2.75. The number of fused-ring (bicyclic) bond motifs is 1. The van der Waals surface area contributed by atoms with Gasteiger partial charge < -0.3 is 10.2 Å². The zero-order valence-electron chi connectivity index (χ0n) is 18.0. The molecule has 0 fully saturated rings. The molecule has 0 unspecified atom stereocenters. The first-order valence-electron chi connectivity index (χ1n) is 10.4. The molecule has 1 aliphatic heterocycles. The van der Waals surface area contributed by atoms with E-state index in [1.807, 2.05) is 32.9 Å². The van der Waals surface area contributed by atoms with Crippen LogP contribution in [-0.4, -0.2) is 18.4 Å². The van der Waals surface area contributed by atoms with Gasteiger partial charge in [-0.05, 0) is 92.8 Å². The van der Waals surface area contributed by atoms with E-state index in [0.29, 0.717) is 17.7 Å². The maximum atomic E-state index is 13.2. The highest BCUT2D eigenvalue weighted by Gasteiger charge is 2.24. The first-order valence-corrected chi connectivity index (χ1v) is 10.4. The Balaban J connectivity index is 1.59. The van der Waals surface area contributed by atoms with Gasteiger partial charge in [0.15, 0.2) is 0 Å². The van der Waals surface area contributed by atoms with Gasteiger partial charge in [0.1, 0.15) is 5.82 Å². The summed E-state index contributed by atoms with van der Waals surface area (Å²) in [5.74, 6) is -0.700. The van der Waals surface area contributed by atoms with Crippen molar-refractivity contribution in [1.29, 1.82) is 0 Å². The second-order valence-electron chi connectivity index (χ2n) is 8.14. The van der Waals surface area contributed by atoms with Gasteiger partial charge in [0.25, 0.3) is 11.8 Å². The Morgan fingerprint density at radius 2 is 1.55 bits per heavy atom. The largest absolute Gasteiger partial charge is 0.322 e. The summed E-state index contributed by atoms with van der Waals surface area (Å²) in [7, 11) is 0. The number of halogens is 1. The number of rotatable bonds is 3. The maximum absolute atomic E-state index is 13.2. The van der Waals surface area contributed by atoms with Crippen LogP contribution < -0.4 is 10.2 Å². The molecule has 0 bridgehead atoms. The Kier molecular flexibility index (Phi) is 5.59. The zero-order valence-corrected chi connectivity index (χ0v) is 18.0. The van der Waals surface area contributed by atoms with Crippen molar-refractivity contribution in [3.63, 3.8) is 0 Å². The quantitative estimate of drug-likeness (QED) is 0.605. The fraction of sp³-hybridized carbons (Fsp3) is 0.231. The minimum Gasteiger partial charge on any atom is -0.322 e. The van der Waals surface area contributed by atoms with Crippen molar-refractivity contribution in [3.8, 4) is 0 Å². The van der Waals surface area contributed by atoms with E-state index < -0.39 is 0 Å². The van der Waals surface area contributed by atoms with E-state index in [4.69, 9.17) is 0 Å². The summed E-state index contributed by atoms with van der Waals surface area (Å²) in [6.45, 7) is 6.60. The molecule has 0 radical (unpaired) electrons. The van der Waals surface area contributed by atoms with E-state index in [-0.39, 0.29) is 17.6 Å². The molecule has 31 heavy (non-hydrogen) atoms. The fourth-order valence-electron chi connectivity index (χ4n) is 4.26. The van der Waals surface area contributed by atoms with E-state index in [1.165, 1.54) is 24.3 Å². The number of hydrogen-bond acceptors (Lipinski definition) is 2. The minimum absolute atomic E-state index is 0.163. The van der Waals surface area contributed by atoms with Crippen LogP contribution in [0.1, 0.15) is 49.4 Å². The summed E-state index contributed by atoms with van der Waals surface area (Å²) in [6.07, 6.45) is 1.60. The van der Waals surface area contributed by atoms with Gasteiger partial charge >= 0.3 is 0 Å². The minimum atomic E-state index is -0.370. The van der Waals surface area contributed by atoms with Gasteiger partial charge in [-0.25, -0.2) is 4.39 Å². The molecule has 158 valence electrons. The summed E-state index contributed by atoms with van der Waals surface area (Å²) in [4.78, 5) is 27.6. The van der Waals surface area contributed by atoms with Gasteiger partial charge in [-0.1, -0.05) is 17.7 Å². The van der Waals surface area contributed by atoms with Crippen molar-refractivity contribution >= 4 is 23.2 Å². The lowest BCUT2D eigenvalue weighted by Crippen LogP contribution is -2.35. The van der Waals surface area contributed by atoms with Gasteiger partial charge in [0.05, 0.1) is 0 Å². The number of amides is 2. The fourth-order valence-corrected chi connectivity index (χ4v) is 4.26. The molecule has 4 nitrogen and oxygen atoms in total. The second kappa shape index (κ2) is 8.34. The number of nitrogens with one attached hydrogen (secondary N) is 1. The van der Waals surface area contributed by atoms with Crippen LogP contribution in [0.4, 0.5) is 15.8 Å². The third kappa shape index (κ3) is 4.22. The van der Waals surface area contributed by atoms with Crippen LogP contribution in [-0.2, 0) is 6.42 Å². The number of anilines is 2. The van der Waals surface area contributed by atoms with Crippen molar-refractivity contribution in [2.24, 2.45) is 0 Å². The van der Waals surface area contributed by atoms with Crippen LogP contribution in [0.3, 0.4) is 0 Å². The number of nitrogens with zero attached hydrogens (tertiary/aromatic N) is 1. The highest BCUT2D eigenvalue weighted by atomic mass is 19.1. The van der Waals surface area contributed by atoms with E-state index in [9.17, 15) is 14.0 Å². The summed E-state index contributed by atoms with van der Waals surface area (Å²) in [5, 5.41) is 3.04. The molecule has 4 rings (SSSR count). The first kappa shape index (κ1) is 20.8. The Morgan fingerprint density at radius 1 is 0.903 bits per heavy atom. The average molecular weight is 416 g/mol. The van der Waals surface area contributed by atoms with Gasteiger partial charge in [0.2, 0.25) is 0 Å². The topological polar surface area (TPSA) is 49.4 Å². The van der Waals surface area contributed by atoms with Crippen LogP contribution in [0.15, 0.2) is 54.6 Å². The van der Waals surface area contributed by atoms with Crippen molar-refractivity contribution in [2.45, 2.75) is 33.6 Å². The molecular weight excluding hydrogens is 391 g/mol. The number of aryl methyl sites for hydroxylation is 4. The predicted molar refractivity (Wildman–Crippen MR) is 121 cm³/mol. The Labute approximate surface area is 181 Å². The third-order valence-electron chi connectivity index (χ3n) is 5.71. The van der Waals surface area contributed by atoms with Crippen molar-refractivity contribution in [2.75, 3.05) is 16.8 Å². The molecule has 0 aromatic heterocycles. The van der Waals surface area contributed by atoms with Gasteiger partial charge in [-0.3, -0.25) is 9.59 Å². The number of hydrogen-bond donors (Lipinski definition) is 1. The summed E-state index contributed by atoms with van der Waals surface area (Å²) in [5.41, 5.74) is 6.83. The second-order valence-corrected chi connectivity index (χ2v) is 8.14. The SMILES string of the molecule is Cc1cc(C)c(NC(=O)c2ccc3c(c2)CCCN3C(=O)c2ccc(F)cc2)c(C)c1. The molecule has 1 N–H and O–H groups in total. The number of carbonyl (C=O) groups excluding carboxylic acids is 2. The summed E-state index contributed by atoms with van der Waals surface area (Å²) >= 11 is 0. The molecule has 1 heterocycles. The molecular formula is C26H25FN2O2.